The van der Waals surface area contributed by atoms with E-state index in [0.29, 0.717) is 0 Å². The van der Waals surface area contributed by atoms with E-state index >= 15 is 0 Å². The molecule has 0 bridgehead atoms. The lowest BCUT2D eigenvalue weighted by molar-refractivity contribution is -0.179. The van der Waals surface area contributed by atoms with Crippen molar-refractivity contribution in [2.75, 3.05) is 6.61 Å². The molecular formula is C13H18N2O7. The quantitative estimate of drug-likeness (QED) is 0.303. The van der Waals surface area contributed by atoms with Crippen LogP contribution >= 0.6 is 0 Å². The zero-order chi connectivity index (χ0) is 16.9. The third-order valence-corrected chi connectivity index (χ3v) is 2.60. The fourth-order valence-corrected chi connectivity index (χ4v) is 1.83. The Balaban J connectivity index is 3.06. The summed E-state index contributed by atoms with van der Waals surface area (Å²) in [5, 5.41) is 7.40. The zero-order valence-electron chi connectivity index (χ0n) is 12.5. The summed E-state index contributed by atoms with van der Waals surface area (Å²) in [7, 11) is 0. The Morgan fingerprint density at radius 3 is 2.23 bits per heavy atom. The van der Waals surface area contributed by atoms with E-state index in [1.807, 2.05) is 0 Å². The average Bonchev–Trinajstić information content (AvgIpc) is 2.37. The van der Waals surface area contributed by atoms with Gasteiger partial charge in [-0.25, -0.2) is 0 Å². The molecule has 0 aliphatic carbocycles. The van der Waals surface area contributed by atoms with Gasteiger partial charge in [-0.05, 0) is 0 Å². The SMILES string of the molecule is CC(=O)OC[C@H]1OC(C(=N)N)=C[C@@H](OC(C)=O)[C@H]1OC(C)=O. The molecule has 0 aromatic rings. The molecule has 22 heavy (non-hydrogen) atoms. The summed E-state index contributed by atoms with van der Waals surface area (Å²) in [6.45, 7) is 3.31. The molecule has 0 aromatic carbocycles. The van der Waals surface area contributed by atoms with Crippen molar-refractivity contribution in [2.24, 2.45) is 5.73 Å². The number of hydrogen-bond acceptors (Lipinski definition) is 8. The van der Waals surface area contributed by atoms with Crippen LogP contribution < -0.4 is 5.73 Å². The monoisotopic (exact) mass is 314 g/mol. The molecule has 3 N–H and O–H groups in total. The van der Waals surface area contributed by atoms with Gasteiger partial charge in [-0.15, -0.1) is 0 Å². The summed E-state index contributed by atoms with van der Waals surface area (Å²) in [5.41, 5.74) is 5.36. The molecule has 0 unspecified atom stereocenters. The van der Waals surface area contributed by atoms with Crippen LogP contribution in [-0.2, 0) is 33.3 Å². The Kier molecular flexibility index (Phi) is 5.90. The fourth-order valence-electron chi connectivity index (χ4n) is 1.83. The zero-order valence-corrected chi connectivity index (χ0v) is 12.5. The van der Waals surface area contributed by atoms with Crippen molar-refractivity contribution in [1.29, 1.82) is 5.41 Å². The lowest BCUT2D eigenvalue weighted by Gasteiger charge is -2.35. The van der Waals surface area contributed by atoms with Gasteiger partial charge in [0.05, 0.1) is 0 Å². The summed E-state index contributed by atoms with van der Waals surface area (Å²) < 4.78 is 20.4. The second-order valence-electron chi connectivity index (χ2n) is 4.55. The van der Waals surface area contributed by atoms with Crippen molar-refractivity contribution < 1.29 is 33.3 Å². The van der Waals surface area contributed by atoms with Gasteiger partial charge in [0.1, 0.15) is 6.61 Å². The van der Waals surface area contributed by atoms with Crippen molar-refractivity contribution in [3.8, 4) is 0 Å². The average molecular weight is 314 g/mol. The highest BCUT2D eigenvalue weighted by molar-refractivity contribution is 5.92. The maximum atomic E-state index is 11.2. The molecule has 0 radical (unpaired) electrons. The van der Waals surface area contributed by atoms with Crippen LogP contribution in [0.25, 0.3) is 0 Å². The molecule has 0 fully saturated rings. The second kappa shape index (κ2) is 7.43. The van der Waals surface area contributed by atoms with E-state index < -0.39 is 42.1 Å². The van der Waals surface area contributed by atoms with Crippen LogP contribution in [0.3, 0.4) is 0 Å². The highest BCUT2D eigenvalue weighted by Gasteiger charge is 2.40. The number of hydrogen-bond donors (Lipinski definition) is 2. The molecule has 0 spiro atoms. The first kappa shape index (κ1) is 17.5. The highest BCUT2D eigenvalue weighted by atomic mass is 16.6. The number of carbonyl (C=O) groups excluding carboxylic acids is 3. The molecular weight excluding hydrogens is 296 g/mol. The Bertz CT molecular complexity index is 515. The van der Waals surface area contributed by atoms with Crippen LogP contribution in [0.4, 0.5) is 0 Å². The second-order valence-corrected chi connectivity index (χ2v) is 4.55. The van der Waals surface area contributed by atoms with Gasteiger partial charge >= 0.3 is 17.9 Å². The highest BCUT2D eigenvalue weighted by Crippen LogP contribution is 2.24. The van der Waals surface area contributed by atoms with Gasteiger partial charge in [-0.3, -0.25) is 19.8 Å². The number of carbonyl (C=O) groups is 3. The lowest BCUT2D eigenvalue weighted by Crippen LogP contribution is -2.49. The largest absolute Gasteiger partial charge is 0.479 e. The van der Waals surface area contributed by atoms with Crippen molar-refractivity contribution in [3.63, 3.8) is 0 Å². The van der Waals surface area contributed by atoms with E-state index in [1.54, 1.807) is 0 Å². The third-order valence-electron chi connectivity index (χ3n) is 2.60. The van der Waals surface area contributed by atoms with E-state index in [-0.39, 0.29) is 12.4 Å². The minimum atomic E-state index is -1.02. The third kappa shape index (κ3) is 5.08. The van der Waals surface area contributed by atoms with Gasteiger partial charge in [0, 0.05) is 26.8 Å². The van der Waals surface area contributed by atoms with E-state index in [9.17, 15) is 14.4 Å². The number of esters is 3. The summed E-state index contributed by atoms with van der Waals surface area (Å²) in [5.74, 6) is -2.25. The van der Waals surface area contributed by atoms with Crippen LogP contribution in [0.5, 0.6) is 0 Å². The molecule has 9 nitrogen and oxygen atoms in total. The van der Waals surface area contributed by atoms with Gasteiger partial charge in [0.25, 0.3) is 0 Å². The maximum absolute atomic E-state index is 11.2. The van der Waals surface area contributed by atoms with Crippen molar-refractivity contribution >= 4 is 23.7 Å². The van der Waals surface area contributed by atoms with Gasteiger partial charge in [0.15, 0.2) is 29.9 Å². The molecule has 1 aliphatic rings. The molecule has 0 saturated carbocycles. The molecule has 1 rings (SSSR count). The number of amidine groups is 1. The van der Waals surface area contributed by atoms with Crippen LogP contribution in [0, 0.1) is 5.41 Å². The molecule has 9 heteroatoms. The normalized spacial score (nSPS) is 23.6. The van der Waals surface area contributed by atoms with Crippen molar-refractivity contribution in [3.05, 3.63) is 11.8 Å². The van der Waals surface area contributed by atoms with E-state index in [4.69, 9.17) is 30.1 Å². The van der Waals surface area contributed by atoms with Crippen LogP contribution in [0.1, 0.15) is 20.8 Å². The van der Waals surface area contributed by atoms with Crippen LogP contribution in [-0.4, -0.2) is 48.7 Å². The van der Waals surface area contributed by atoms with E-state index in [0.717, 1.165) is 0 Å². The van der Waals surface area contributed by atoms with Gasteiger partial charge in [-0.1, -0.05) is 0 Å². The number of ether oxygens (including phenoxy) is 4. The molecule has 0 saturated heterocycles. The molecule has 1 heterocycles. The van der Waals surface area contributed by atoms with Crippen molar-refractivity contribution in [2.45, 2.75) is 39.1 Å². The minimum absolute atomic E-state index is 0.0493. The van der Waals surface area contributed by atoms with Gasteiger partial charge in [0.2, 0.25) is 0 Å². The maximum Gasteiger partial charge on any atom is 0.303 e. The summed E-state index contributed by atoms with van der Waals surface area (Å²) in [6, 6.07) is 0. The molecule has 1 aliphatic heterocycles. The topological polar surface area (TPSA) is 138 Å². The number of nitrogens with one attached hydrogen (secondary N) is 1. The predicted molar refractivity (Wildman–Crippen MR) is 72.6 cm³/mol. The Morgan fingerprint density at radius 1 is 1.18 bits per heavy atom. The van der Waals surface area contributed by atoms with Gasteiger partial charge in [-0.2, -0.15) is 0 Å². The first-order chi connectivity index (χ1) is 10.2. The number of rotatable bonds is 5. The summed E-state index contributed by atoms with van der Waals surface area (Å²) >= 11 is 0. The summed E-state index contributed by atoms with van der Waals surface area (Å²) in [6.07, 6.45) is -1.72. The Labute approximate surface area is 126 Å². The summed E-state index contributed by atoms with van der Waals surface area (Å²) in [4.78, 5) is 33.4. The van der Waals surface area contributed by atoms with Crippen LogP contribution in [0.2, 0.25) is 0 Å². The first-order valence-electron chi connectivity index (χ1n) is 6.41. The molecule has 0 amide bonds. The molecule has 122 valence electrons. The first-order valence-corrected chi connectivity index (χ1v) is 6.41. The van der Waals surface area contributed by atoms with Gasteiger partial charge < -0.3 is 24.7 Å². The number of nitrogens with two attached hydrogens (primary N) is 1. The Morgan fingerprint density at radius 2 is 1.77 bits per heavy atom. The fraction of sp³-hybridized carbons (Fsp3) is 0.538. The van der Waals surface area contributed by atoms with Crippen LogP contribution in [0.15, 0.2) is 11.8 Å². The van der Waals surface area contributed by atoms with E-state index in [2.05, 4.69) is 0 Å². The molecule has 3 atom stereocenters. The Hall–Kier alpha value is -2.58. The predicted octanol–water partition coefficient (Wildman–Crippen LogP) is -0.368. The lowest BCUT2D eigenvalue weighted by atomic mass is 10.0. The standard InChI is InChI=1S/C13H18N2O7/c1-6(16)19-5-11-12(21-8(3)18)9(20-7(2)17)4-10(22-11)13(14)15/h4,9,11-12H,5H2,1-3H3,(H3,14,15)/t9-,11-,12-/m1/s1. The van der Waals surface area contributed by atoms with E-state index in [1.165, 1.54) is 26.8 Å². The van der Waals surface area contributed by atoms with Crippen molar-refractivity contribution in [1.82, 2.24) is 0 Å². The smallest absolute Gasteiger partial charge is 0.303 e. The minimum Gasteiger partial charge on any atom is -0.479 e. The molecule has 0 aromatic heterocycles.